The SMILES string of the molecule is CCNC(=O)CN1CCN(Cc2nc3ccccc3n2CCC(=O)c2ccccc2)CC1.O=C(O)/C=C\C(=O)O. The number of benzene rings is 2. The van der Waals surface area contributed by atoms with Crippen LogP contribution in [-0.4, -0.2) is 92.5 Å². The van der Waals surface area contributed by atoms with E-state index >= 15 is 0 Å². The fraction of sp³-hybridized carbons (Fsp3) is 0.345. The average molecular weight is 550 g/mol. The lowest BCUT2D eigenvalue weighted by Gasteiger charge is -2.34. The Bertz CT molecular complexity index is 1310. The number of carboxylic acids is 2. The first-order valence-electron chi connectivity index (χ1n) is 13.1. The number of aryl methyl sites for hydroxylation is 1. The molecule has 0 aliphatic carbocycles. The van der Waals surface area contributed by atoms with Crippen molar-refractivity contribution in [2.24, 2.45) is 0 Å². The van der Waals surface area contributed by atoms with Gasteiger partial charge in [0, 0.05) is 63.4 Å². The first-order chi connectivity index (χ1) is 19.3. The third-order valence-corrected chi connectivity index (χ3v) is 6.33. The number of hydrogen-bond acceptors (Lipinski definition) is 7. The number of amides is 1. The van der Waals surface area contributed by atoms with E-state index in [0.29, 0.717) is 38.2 Å². The number of hydrogen-bond donors (Lipinski definition) is 3. The van der Waals surface area contributed by atoms with Crippen LogP contribution >= 0.6 is 0 Å². The molecule has 40 heavy (non-hydrogen) atoms. The first kappa shape index (κ1) is 30.2. The van der Waals surface area contributed by atoms with E-state index in [4.69, 9.17) is 15.2 Å². The summed E-state index contributed by atoms with van der Waals surface area (Å²) >= 11 is 0. The Balaban J connectivity index is 0.000000482. The molecule has 3 aromatic rings. The second kappa shape index (κ2) is 15.3. The second-order valence-corrected chi connectivity index (χ2v) is 9.22. The molecule has 0 atom stereocenters. The third kappa shape index (κ3) is 9.44. The van der Waals surface area contributed by atoms with Gasteiger partial charge in [0.1, 0.15) is 5.82 Å². The van der Waals surface area contributed by atoms with E-state index in [1.54, 1.807) is 0 Å². The van der Waals surface area contributed by atoms with Crippen molar-refractivity contribution in [3.05, 3.63) is 78.1 Å². The van der Waals surface area contributed by atoms with Gasteiger partial charge in [-0.05, 0) is 19.1 Å². The van der Waals surface area contributed by atoms with Crippen molar-refractivity contribution in [2.75, 3.05) is 39.3 Å². The number of fused-ring (bicyclic) bond motifs is 1. The number of imidazole rings is 1. The van der Waals surface area contributed by atoms with E-state index < -0.39 is 11.9 Å². The summed E-state index contributed by atoms with van der Waals surface area (Å²) in [4.78, 5) is 53.1. The fourth-order valence-electron chi connectivity index (χ4n) is 4.38. The number of ketones is 1. The molecule has 1 aliphatic rings. The van der Waals surface area contributed by atoms with Crippen molar-refractivity contribution in [3.8, 4) is 0 Å². The number of nitrogens with zero attached hydrogens (tertiary/aromatic N) is 4. The Labute approximate surface area is 232 Å². The summed E-state index contributed by atoms with van der Waals surface area (Å²) in [7, 11) is 0. The zero-order chi connectivity index (χ0) is 28.9. The molecule has 3 N–H and O–H groups in total. The van der Waals surface area contributed by atoms with Crippen LogP contribution < -0.4 is 5.32 Å². The highest BCUT2D eigenvalue weighted by atomic mass is 16.4. The van der Waals surface area contributed by atoms with Crippen LogP contribution in [0.1, 0.15) is 29.5 Å². The van der Waals surface area contributed by atoms with E-state index in [0.717, 1.165) is 55.1 Å². The third-order valence-electron chi connectivity index (χ3n) is 6.33. The lowest BCUT2D eigenvalue weighted by Crippen LogP contribution is -2.49. The molecular formula is C29H35N5O6. The van der Waals surface area contributed by atoms with Gasteiger partial charge in [-0.15, -0.1) is 0 Å². The Morgan fingerprint density at radius 1 is 0.875 bits per heavy atom. The highest BCUT2D eigenvalue weighted by molar-refractivity contribution is 5.96. The zero-order valence-electron chi connectivity index (χ0n) is 22.5. The van der Waals surface area contributed by atoms with Crippen molar-refractivity contribution in [2.45, 2.75) is 26.4 Å². The molecule has 2 aromatic carbocycles. The van der Waals surface area contributed by atoms with Crippen LogP contribution in [-0.2, 0) is 27.5 Å². The van der Waals surface area contributed by atoms with Crippen LogP contribution in [0.15, 0.2) is 66.7 Å². The molecule has 2 heterocycles. The van der Waals surface area contributed by atoms with Crippen molar-refractivity contribution in [3.63, 3.8) is 0 Å². The number of carboxylic acid groups (broad SMARTS) is 2. The summed E-state index contributed by atoms with van der Waals surface area (Å²) in [5.74, 6) is -1.29. The summed E-state index contributed by atoms with van der Waals surface area (Å²) in [6.07, 6.45) is 1.56. The van der Waals surface area contributed by atoms with Crippen LogP contribution in [0.5, 0.6) is 0 Å². The summed E-state index contributed by atoms with van der Waals surface area (Å²) in [6.45, 7) is 7.94. The largest absolute Gasteiger partial charge is 0.478 e. The van der Waals surface area contributed by atoms with E-state index in [1.165, 1.54) is 0 Å². The maximum absolute atomic E-state index is 12.7. The second-order valence-electron chi connectivity index (χ2n) is 9.22. The quantitative estimate of drug-likeness (QED) is 0.242. The van der Waals surface area contributed by atoms with Crippen LogP contribution in [0, 0.1) is 0 Å². The molecule has 1 amide bonds. The van der Waals surface area contributed by atoms with Gasteiger partial charge in [-0.2, -0.15) is 0 Å². The van der Waals surface area contributed by atoms with E-state index in [1.807, 2.05) is 55.5 Å². The van der Waals surface area contributed by atoms with Gasteiger partial charge in [0.2, 0.25) is 5.91 Å². The minimum Gasteiger partial charge on any atom is -0.478 e. The van der Waals surface area contributed by atoms with Crippen LogP contribution in [0.2, 0.25) is 0 Å². The Kier molecular flexibility index (Phi) is 11.5. The summed E-state index contributed by atoms with van der Waals surface area (Å²) in [5, 5.41) is 18.5. The number of rotatable bonds is 11. The fourth-order valence-corrected chi connectivity index (χ4v) is 4.38. The molecule has 4 rings (SSSR count). The van der Waals surface area contributed by atoms with Gasteiger partial charge in [0.25, 0.3) is 0 Å². The monoisotopic (exact) mass is 549 g/mol. The van der Waals surface area contributed by atoms with E-state index in [2.05, 4.69) is 25.8 Å². The molecule has 1 aromatic heterocycles. The lowest BCUT2D eigenvalue weighted by atomic mass is 10.1. The van der Waals surface area contributed by atoms with Crippen LogP contribution in [0.25, 0.3) is 11.0 Å². The molecule has 11 heteroatoms. The van der Waals surface area contributed by atoms with Gasteiger partial charge >= 0.3 is 11.9 Å². The molecular weight excluding hydrogens is 514 g/mol. The Morgan fingerprint density at radius 3 is 2.10 bits per heavy atom. The topological polar surface area (TPSA) is 145 Å². The molecule has 1 saturated heterocycles. The normalized spacial score (nSPS) is 14.0. The number of aliphatic carboxylic acids is 2. The van der Waals surface area contributed by atoms with Gasteiger partial charge in [0.05, 0.1) is 24.1 Å². The highest BCUT2D eigenvalue weighted by Gasteiger charge is 2.21. The number of carbonyl (C=O) groups is 4. The Hall–Kier alpha value is -4.35. The number of para-hydroxylation sites is 2. The van der Waals surface area contributed by atoms with Gasteiger partial charge in [-0.1, -0.05) is 42.5 Å². The molecule has 1 aliphatic heterocycles. The lowest BCUT2D eigenvalue weighted by molar-refractivity contribution is -0.134. The van der Waals surface area contributed by atoms with Gasteiger partial charge in [0.15, 0.2) is 5.78 Å². The number of Topliss-reactive ketones (excluding diaryl/α,β-unsaturated/α-hetero) is 1. The van der Waals surface area contributed by atoms with Gasteiger partial charge in [-0.3, -0.25) is 19.4 Å². The molecule has 0 saturated carbocycles. The maximum Gasteiger partial charge on any atom is 0.328 e. The molecule has 0 spiro atoms. The molecule has 11 nitrogen and oxygen atoms in total. The minimum atomic E-state index is -1.26. The summed E-state index contributed by atoms with van der Waals surface area (Å²) in [5.41, 5.74) is 2.78. The zero-order valence-corrected chi connectivity index (χ0v) is 22.5. The molecule has 1 fully saturated rings. The van der Waals surface area contributed by atoms with Gasteiger partial charge in [-0.25, -0.2) is 14.6 Å². The predicted molar refractivity (Wildman–Crippen MR) is 150 cm³/mol. The summed E-state index contributed by atoms with van der Waals surface area (Å²) < 4.78 is 2.19. The van der Waals surface area contributed by atoms with Crippen molar-refractivity contribution in [1.29, 1.82) is 0 Å². The molecule has 0 unspecified atom stereocenters. The van der Waals surface area contributed by atoms with Crippen LogP contribution in [0.3, 0.4) is 0 Å². The predicted octanol–water partition coefficient (Wildman–Crippen LogP) is 2.27. The molecule has 0 bridgehead atoms. The molecule has 0 radical (unpaired) electrons. The molecule has 212 valence electrons. The standard InChI is InChI=1S/C25H31N5O2.C4H4O4/c1-2-26-25(32)19-29-16-14-28(15-17-29)18-24-27-21-10-6-7-11-22(21)30(24)13-12-23(31)20-8-4-3-5-9-20;5-3(6)1-2-4(7)8/h3-11H,2,12-19H2,1H3,(H,26,32);1-2H,(H,5,6)(H,7,8)/b;2-1-. The first-order valence-corrected chi connectivity index (χ1v) is 13.1. The van der Waals surface area contributed by atoms with E-state index in [-0.39, 0.29) is 11.7 Å². The summed E-state index contributed by atoms with van der Waals surface area (Å²) in [6, 6.07) is 17.6. The van der Waals surface area contributed by atoms with Crippen LogP contribution in [0.4, 0.5) is 0 Å². The number of piperazine rings is 1. The van der Waals surface area contributed by atoms with Crippen molar-refractivity contribution < 1.29 is 29.4 Å². The number of likely N-dealkylation sites (N-methyl/N-ethyl adjacent to an activating group) is 1. The minimum absolute atomic E-state index is 0.0887. The highest BCUT2D eigenvalue weighted by Crippen LogP contribution is 2.19. The Morgan fingerprint density at radius 2 is 1.48 bits per heavy atom. The number of carbonyl (C=O) groups excluding carboxylic acids is 2. The maximum atomic E-state index is 12.7. The average Bonchev–Trinajstić information content (AvgIpc) is 3.29. The van der Waals surface area contributed by atoms with E-state index in [9.17, 15) is 19.2 Å². The number of aromatic nitrogens is 2. The van der Waals surface area contributed by atoms with Gasteiger partial charge < -0.3 is 20.1 Å². The number of nitrogens with one attached hydrogen (secondary N) is 1. The van der Waals surface area contributed by atoms with Crippen molar-refractivity contribution >= 4 is 34.7 Å². The smallest absolute Gasteiger partial charge is 0.328 e. The van der Waals surface area contributed by atoms with Crippen molar-refractivity contribution in [1.82, 2.24) is 24.7 Å².